The third-order valence-electron chi connectivity index (χ3n) is 5.76. The second-order valence-corrected chi connectivity index (χ2v) is 7.33. The Morgan fingerprint density at radius 1 is 1.32 bits per heavy atom. The van der Waals surface area contributed by atoms with Crippen LogP contribution in [0.15, 0.2) is 23.8 Å². The highest BCUT2D eigenvalue weighted by Gasteiger charge is 2.37. The number of rotatable bonds is 6. The topological polar surface area (TPSA) is 32.7 Å². The molecule has 0 radical (unpaired) electrons. The van der Waals surface area contributed by atoms with Gasteiger partial charge in [-0.15, -0.1) is 0 Å². The highest BCUT2D eigenvalue weighted by molar-refractivity contribution is 5.27. The maximum absolute atomic E-state index is 10.8. The van der Waals surface area contributed by atoms with Crippen LogP contribution < -0.4 is 0 Å². The lowest BCUT2D eigenvalue weighted by Gasteiger charge is -2.37. The molecule has 1 heterocycles. The van der Waals surface area contributed by atoms with Crippen LogP contribution in [0.3, 0.4) is 0 Å². The first kappa shape index (κ1) is 17.7. The highest BCUT2D eigenvalue weighted by Crippen LogP contribution is 2.32. The van der Waals surface area contributed by atoms with Gasteiger partial charge in [0.05, 0.1) is 12.2 Å². The number of hydrogen-bond acceptors (Lipinski definition) is 3. The molecule has 0 aromatic rings. The molecule has 3 heteroatoms. The van der Waals surface area contributed by atoms with E-state index in [4.69, 9.17) is 4.74 Å². The lowest BCUT2D eigenvalue weighted by molar-refractivity contribution is -0.0308. The summed E-state index contributed by atoms with van der Waals surface area (Å²) in [7, 11) is 4.00. The number of methoxy groups -OCH3 is 1. The van der Waals surface area contributed by atoms with Crippen LogP contribution in [0.25, 0.3) is 0 Å². The van der Waals surface area contributed by atoms with E-state index in [1.165, 1.54) is 12.8 Å². The summed E-state index contributed by atoms with van der Waals surface area (Å²) in [6, 6.07) is 0.477. The first-order chi connectivity index (χ1) is 10.5. The maximum atomic E-state index is 10.8. The number of likely N-dealkylation sites (N-methyl/N-ethyl adjacent to an activating group) is 1. The minimum Gasteiger partial charge on any atom is -0.388 e. The summed E-state index contributed by atoms with van der Waals surface area (Å²) in [6.07, 6.45) is 9.76. The van der Waals surface area contributed by atoms with E-state index in [1.54, 1.807) is 0 Å². The third kappa shape index (κ3) is 3.81. The van der Waals surface area contributed by atoms with E-state index in [-0.39, 0.29) is 12.0 Å². The van der Waals surface area contributed by atoms with E-state index in [1.807, 2.05) is 7.11 Å². The monoisotopic (exact) mass is 307 g/mol. The van der Waals surface area contributed by atoms with Crippen molar-refractivity contribution in [2.45, 2.75) is 58.3 Å². The first-order valence-electron chi connectivity index (χ1n) is 8.75. The van der Waals surface area contributed by atoms with Gasteiger partial charge in [-0.05, 0) is 56.2 Å². The summed E-state index contributed by atoms with van der Waals surface area (Å²) >= 11 is 0. The number of nitrogens with zero attached hydrogens (tertiary/aromatic N) is 1. The van der Waals surface area contributed by atoms with Crippen molar-refractivity contribution in [1.82, 2.24) is 4.90 Å². The molecule has 0 aromatic carbocycles. The van der Waals surface area contributed by atoms with E-state index in [9.17, 15) is 5.11 Å². The quantitative estimate of drug-likeness (QED) is 0.817. The Morgan fingerprint density at radius 2 is 2.05 bits per heavy atom. The molecule has 1 aliphatic carbocycles. The van der Waals surface area contributed by atoms with Crippen LogP contribution >= 0.6 is 0 Å². The Labute approximate surface area is 136 Å². The number of hydrogen-bond donors (Lipinski definition) is 1. The minimum absolute atomic E-state index is 0.184. The van der Waals surface area contributed by atoms with E-state index >= 15 is 0 Å². The fraction of sp³-hybridized carbons (Fsp3) is 0.789. The second kappa shape index (κ2) is 7.76. The van der Waals surface area contributed by atoms with Gasteiger partial charge >= 0.3 is 0 Å². The fourth-order valence-electron chi connectivity index (χ4n) is 3.93. The van der Waals surface area contributed by atoms with Crippen molar-refractivity contribution < 1.29 is 9.84 Å². The number of aliphatic hydroxyl groups is 1. The van der Waals surface area contributed by atoms with Gasteiger partial charge in [-0.25, -0.2) is 0 Å². The van der Waals surface area contributed by atoms with Crippen molar-refractivity contribution in [2.75, 3.05) is 20.7 Å². The van der Waals surface area contributed by atoms with Crippen molar-refractivity contribution in [3.05, 3.63) is 23.8 Å². The molecular formula is C19H33NO2. The van der Waals surface area contributed by atoms with Crippen LogP contribution in [-0.4, -0.2) is 49.0 Å². The largest absolute Gasteiger partial charge is 0.388 e. The summed E-state index contributed by atoms with van der Waals surface area (Å²) in [5.74, 6) is 1.09. The van der Waals surface area contributed by atoms with Crippen molar-refractivity contribution >= 4 is 0 Å². The zero-order valence-corrected chi connectivity index (χ0v) is 14.8. The lowest BCUT2D eigenvalue weighted by atomic mass is 9.79. The van der Waals surface area contributed by atoms with Crippen LogP contribution in [-0.2, 0) is 4.74 Å². The van der Waals surface area contributed by atoms with Crippen molar-refractivity contribution in [3.8, 4) is 0 Å². The van der Waals surface area contributed by atoms with Gasteiger partial charge in [0, 0.05) is 13.2 Å². The molecule has 2 rings (SSSR count). The zero-order chi connectivity index (χ0) is 16.3. The van der Waals surface area contributed by atoms with Crippen LogP contribution in [0, 0.1) is 17.8 Å². The predicted octanol–water partition coefficient (Wildman–Crippen LogP) is 3.25. The molecule has 1 aliphatic heterocycles. The first-order valence-corrected chi connectivity index (χ1v) is 8.75. The molecule has 1 saturated heterocycles. The van der Waals surface area contributed by atoms with Gasteiger partial charge in [-0.3, -0.25) is 0 Å². The summed E-state index contributed by atoms with van der Waals surface area (Å²) in [4.78, 5) is 2.41. The van der Waals surface area contributed by atoms with Crippen molar-refractivity contribution in [3.63, 3.8) is 0 Å². The average molecular weight is 307 g/mol. The third-order valence-corrected chi connectivity index (χ3v) is 5.76. The molecule has 126 valence electrons. The summed E-state index contributed by atoms with van der Waals surface area (Å²) in [5.41, 5.74) is 1.08. The number of allylic oxidation sites excluding steroid dienone is 2. The zero-order valence-electron chi connectivity index (χ0n) is 14.8. The Hall–Kier alpha value is -0.640. The fourth-order valence-corrected chi connectivity index (χ4v) is 3.93. The predicted molar refractivity (Wildman–Crippen MR) is 91.8 cm³/mol. The summed E-state index contributed by atoms with van der Waals surface area (Å²) in [5, 5.41) is 10.8. The van der Waals surface area contributed by atoms with Gasteiger partial charge in [-0.1, -0.05) is 39.0 Å². The highest BCUT2D eigenvalue weighted by atomic mass is 16.5. The van der Waals surface area contributed by atoms with Crippen LogP contribution in [0.4, 0.5) is 0 Å². The second-order valence-electron chi connectivity index (χ2n) is 7.33. The normalized spacial score (nSPS) is 31.6. The summed E-state index contributed by atoms with van der Waals surface area (Å²) < 4.78 is 5.85. The molecule has 0 aromatic heterocycles. The molecule has 0 bridgehead atoms. The van der Waals surface area contributed by atoms with Gasteiger partial charge in [0.1, 0.15) is 0 Å². The molecule has 0 saturated carbocycles. The number of aliphatic hydroxyl groups excluding tert-OH is 1. The summed E-state index contributed by atoms with van der Waals surface area (Å²) in [6.45, 7) is 7.74. The molecule has 0 amide bonds. The van der Waals surface area contributed by atoms with Gasteiger partial charge in [0.25, 0.3) is 0 Å². The molecular weight excluding hydrogens is 274 g/mol. The van der Waals surface area contributed by atoms with Gasteiger partial charge < -0.3 is 14.7 Å². The minimum atomic E-state index is -0.400. The maximum Gasteiger partial charge on any atom is 0.0815 e. The van der Waals surface area contributed by atoms with Gasteiger partial charge in [-0.2, -0.15) is 0 Å². The lowest BCUT2D eigenvalue weighted by Crippen LogP contribution is -2.45. The Kier molecular flexibility index (Phi) is 6.25. The van der Waals surface area contributed by atoms with Crippen LogP contribution in [0.2, 0.25) is 0 Å². The average Bonchev–Trinajstić information content (AvgIpc) is 2.93. The van der Waals surface area contributed by atoms with Crippen LogP contribution in [0.1, 0.15) is 40.0 Å². The van der Waals surface area contributed by atoms with Crippen LogP contribution in [0.5, 0.6) is 0 Å². The molecule has 22 heavy (non-hydrogen) atoms. The molecule has 1 fully saturated rings. The van der Waals surface area contributed by atoms with E-state index in [0.29, 0.717) is 17.9 Å². The number of ether oxygens (including phenoxy) is 1. The van der Waals surface area contributed by atoms with Gasteiger partial charge in [0.15, 0.2) is 0 Å². The Balaban J connectivity index is 2.03. The molecule has 3 nitrogen and oxygen atoms in total. The smallest absolute Gasteiger partial charge is 0.0815 e. The van der Waals surface area contributed by atoms with Crippen molar-refractivity contribution in [2.24, 2.45) is 17.8 Å². The van der Waals surface area contributed by atoms with Crippen molar-refractivity contribution in [1.29, 1.82) is 0 Å². The Morgan fingerprint density at radius 3 is 2.55 bits per heavy atom. The Bertz CT molecular complexity index is 418. The molecule has 6 unspecified atom stereocenters. The molecule has 0 spiro atoms. The molecule has 2 aliphatic rings. The van der Waals surface area contributed by atoms with E-state index < -0.39 is 6.10 Å². The SMILES string of the molecule is COC(C(C)C(C)C(O)C1=CCC(C)C=C1)C1CCCN1C. The standard InChI is InChI=1S/C19H33NO2/c1-13-8-10-16(11-9-13)18(21)14(2)15(3)19(22-5)17-7-6-12-20(17)4/h8,10-11,13-15,17-19,21H,6-7,9,12H2,1-5H3. The van der Waals surface area contributed by atoms with E-state index in [2.05, 4.69) is 50.9 Å². The van der Waals surface area contributed by atoms with Gasteiger partial charge in [0.2, 0.25) is 0 Å². The number of likely N-dealkylation sites (tertiary alicyclic amines) is 1. The van der Waals surface area contributed by atoms with E-state index in [0.717, 1.165) is 18.5 Å². The molecule has 6 atom stereocenters. The molecule has 1 N–H and O–H groups in total.